The van der Waals surface area contributed by atoms with Gasteiger partial charge in [-0.1, -0.05) is 0 Å². The number of hydrogen-bond donors (Lipinski definition) is 2. The maximum absolute atomic E-state index is 11.9. The summed E-state index contributed by atoms with van der Waals surface area (Å²) in [5.74, 6) is 0.129. The summed E-state index contributed by atoms with van der Waals surface area (Å²) in [5, 5.41) is 2.89. The number of carbonyl (C=O) groups excluding carboxylic acids is 1. The lowest BCUT2D eigenvalue weighted by molar-refractivity contribution is 0.205. The summed E-state index contributed by atoms with van der Waals surface area (Å²) in [7, 11) is 1.93. The molecule has 6 nitrogen and oxygen atoms in total. The Morgan fingerprint density at radius 2 is 2.28 bits per heavy atom. The van der Waals surface area contributed by atoms with Gasteiger partial charge in [0.1, 0.15) is 0 Å². The zero-order valence-electron chi connectivity index (χ0n) is 11.1. The van der Waals surface area contributed by atoms with Gasteiger partial charge in [0.05, 0.1) is 12.0 Å². The number of aryl methyl sites for hydroxylation is 1. The summed E-state index contributed by atoms with van der Waals surface area (Å²) in [6.45, 7) is 5.12. The smallest absolute Gasteiger partial charge is 0.317 e. The van der Waals surface area contributed by atoms with Crippen molar-refractivity contribution in [3.8, 4) is 0 Å². The molecule has 6 heteroatoms. The van der Waals surface area contributed by atoms with Crippen LogP contribution < -0.4 is 11.1 Å². The van der Waals surface area contributed by atoms with Gasteiger partial charge < -0.3 is 20.5 Å². The van der Waals surface area contributed by atoms with E-state index in [1.807, 2.05) is 31.7 Å². The molecule has 0 saturated carbocycles. The van der Waals surface area contributed by atoms with Crippen molar-refractivity contribution in [2.45, 2.75) is 31.8 Å². The fourth-order valence-corrected chi connectivity index (χ4v) is 2.27. The van der Waals surface area contributed by atoms with Crippen molar-refractivity contribution in [3.63, 3.8) is 0 Å². The predicted octanol–water partition coefficient (Wildman–Crippen LogP) is 0.265. The Morgan fingerprint density at radius 1 is 1.56 bits per heavy atom. The van der Waals surface area contributed by atoms with Crippen LogP contribution in [0, 0.1) is 0 Å². The number of likely N-dealkylation sites (tertiary alicyclic amines) is 1. The van der Waals surface area contributed by atoms with Crippen LogP contribution in [-0.4, -0.2) is 45.7 Å². The molecular weight excluding hydrogens is 230 g/mol. The van der Waals surface area contributed by atoms with Crippen LogP contribution in [0.25, 0.3) is 0 Å². The van der Waals surface area contributed by atoms with Gasteiger partial charge in [-0.05, 0) is 13.8 Å². The first-order valence-electron chi connectivity index (χ1n) is 6.26. The molecule has 0 bridgehead atoms. The average molecular weight is 251 g/mol. The van der Waals surface area contributed by atoms with E-state index in [2.05, 4.69) is 10.3 Å². The van der Waals surface area contributed by atoms with Gasteiger partial charge in [0, 0.05) is 44.3 Å². The van der Waals surface area contributed by atoms with Gasteiger partial charge in [0.15, 0.2) is 0 Å². The second-order valence-electron chi connectivity index (χ2n) is 5.24. The third-order valence-corrected chi connectivity index (χ3v) is 3.17. The van der Waals surface area contributed by atoms with Crippen LogP contribution in [0.2, 0.25) is 0 Å². The molecule has 1 aromatic heterocycles. The number of hydrogen-bond acceptors (Lipinski definition) is 3. The molecule has 0 spiro atoms. The molecule has 0 aliphatic carbocycles. The van der Waals surface area contributed by atoms with Crippen LogP contribution in [0.4, 0.5) is 4.79 Å². The monoisotopic (exact) mass is 251 g/mol. The van der Waals surface area contributed by atoms with Crippen LogP contribution in [0.15, 0.2) is 12.5 Å². The van der Waals surface area contributed by atoms with Crippen molar-refractivity contribution >= 4 is 6.03 Å². The number of rotatable bonds is 2. The highest BCUT2D eigenvalue weighted by Crippen LogP contribution is 2.25. The second-order valence-corrected chi connectivity index (χ2v) is 5.24. The summed E-state index contributed by atoms with van der Waals surface area (Å²) < 4.78 is 1.90. The fourth-order valence-electron chi connectivity index (χ4n) is 2.27. The van der Waals surface area contributed by atoms with Gasteiger partial charge in [-0.3, -0.25) is 0 Å². The van der Waals surface area contributed by atoms with Crippen molar-refractivity contribution in [2.75, 3.05) is 13.1 Å². The third-order valence-electron chi connectivity index (χ3n) is 3.17. The normalized spacial score (nSPS) is 23.7. The molecule has 0 unspecified atom stereocenters. The molecule has 1 aliphatic heterocycles. The summed E-state index contributed by atoms with van der Waals surface area (Å²) in [6.07, 6.45) is 3.73. The van der Waals surface area contributed by atoms with Gasteiger partial charge in [-0.2, -0.15) is 0 Å². The first kappa shape index (κ1) is 12.9. The highest BCUT2D eigenvalue weighted by molar-refractivity contribution is 5.75. The highest BCUT2D eigenvalue weighted by atomic mass is 16.2. The first-order valence-corrected chi connectivity index (χ1v) is 6.26. The highest BCUT2D eigenvalue weighted by Gasteiger charge is 2.35. The molecule has 18 heavy (non-hydrogen) atoms. The third kappa shape index (κ3) is 2.64. The largest absolute Gasteiger partial charge is 0.340 e. The summed E-state index contributed by atoms with van der Waals surface area (Å²) in [6, 6.07) is 0.0549. The van der Waals surface area contributed by atoms with Crippen LogP contribution in [-0.2, 0) is 7.05 Å². The maximum atomic E-state index is 11.9. The number of nitrogens with two attached hydrogens (primary N) is 1. The van der Waals surface area contributed by atoms with E-state index in [0.29, 0.717) is 13.1 Å². The Balaban J connectivity index is 2.03. The Morgan fingerprint density at radius 3 is 2.83 bits per heavy atom. The summed E-state index contributed by atoms with van der Waals surface area (Å²) in [4.78, 5) is 18.0. The molecule has 1 saturated heterocycles. The number of nitrogens with one attached hydrogen (secondary N) is 1. The number of imidazole rings is 1. The lowest BCUT2D eigenvalue weighted by Gasteiger charge is -2.18. The average Bonchev–Trinajstić information content (AvgIpc) is 2.83. The number of amides is 2. The Hall–Kier alpha value is -1.56. The van der Waals surface area contributed by atoms with Gasteiger partial charge in [-0.15, -0.1) is 0 Å². The predicted molar refractivity (Wildman–Crippen MR) is 69.2 cm³/mol. The van der Waals surface area contributed by atoms with E-state index in [9.17, 15) is 4.79 Å². The van der Waals surface area contributed by atoms with Gasteiger partial charge >= 0.3 is 6.03 Å². The van der Waals surface area contributed by atoms with E-state index in [0.717, 1.165) is 5.69 Å². The van der Waals surface area contributed by atoms with Gasteiger partial charge in [-0.25, -0.2) is 9.78 Å². The zero-order chi connectivity index (χ0) is 13.3. The van der Waals surface area contributed by atoms with Crippen LogP contribution in [0.1, 0.15) is 25.5 Å². The van der Waals surface area contributed by atoms with Crippen LogP contribution in [0.5, 0.6) is 0 Å². The second kappa shape index (κ2) is 4.97. The minimum atomic E-state index is -0.0437. The molecule has 100 valence electrons. The fraction of sp³-hybridized carbons (Fsp3) is 0.667. The van der Waals surface area contributed by atoms with Crippen LogP contribution in [0.3, 0.4) is 0 Å². The Bertz CT molecular complexity index is 428. The zero-order valence-corrected chi connectivity index (χ0v) is 11.1. The topological polar surface area (TPSA) is 76.2 Å². The molecule has 1 aromatic rings. The van der Waals surface area contributed by atoms with Crippen molar-refractivity contribution in [2.24, 2.45) is 12.8 Å². The van der Waals surface area contributed by atoms with E-state index in [1.54, 1.807) is 11.2 Å². The minimum Gasteiger partial charge on any atom is -0.340 e. The Kier molecular flexibility index (Phi) is 3.56. The molecule has 2 amide bonds. The molecule has 0 radical (unpaired) electrons. The lowest BCUT2D eigenvalue weighted by atomic mass is 10.0. The SMILES string of the molecule is CC(C)NC(=O)N1C[C@@H](N)[C@H](c2cn(C)cn2)C1. The number of carbonyl (C=O) groups is 1. The molecule has 2 rings (SSSR count). The Labute approximate surface area is 107 Å². The number of aromatic nitrogens is 2. The van der Waals surface area contributed by atoms with E-state index in [-0.39, 0.29) is 24.0 Å². The van der Waals surface area contributed by atoms with E-state index >= 15 is 0 Å². The van der Waals surface area contributed by atoms with Crippen molar-refractivity contribution in [3.05, 3.63) is 18.2 Å². The molecule has 1 fully saturated rings. The molecule has 2 atom stereocenters. The quantitative estimate of drug-likeness (QED) is 0.792. The van der Waals surface area contributed by atoms with E-state index in [1.165, 1.54) is 0 Å². The van der Waals surface area contributed by atoms with E-state index < -0.39 is 0 Å². The summed E-state index contributed by atoms with van der Waals surface area (Å²) in [5.41, 5.74) is 7.07. The van der Waals surface area contributed by atoms with Crippen molar-refractivity contribution in [1.29, 1.82) is 0 Å². The lowest BCUT2D eigenvalue weighted by Crippen LogP contribution is -2.42. The number of urea groups is 1. The van der Waals surface area contributed by atoms with E-state index in [4.69, 9.17) is 5.73 Å². The maximum Gasteiger partial charge on any atom is 0.317 e. The van der Waals surface area contributed by atoms with Gasteiger partial charge in [0.25, 0.3) is 0 Å². The minimum absolute atomic E-state index is 0.0427. The summed E-state index contributed by atoms with van der Waals surface area (Å²) >= 11 is 0. The standard InChI is InChI=1S/C12H21N5O/c1-8(2)15-12(18)17-4-9(10(13)5-17)11-6-16(3)7-14-11/h6-10H,4-5,13H2,1-3H3,(H,15,18)/t9-,10-/m1/s1. The first-order chi connectivity index (χ1) is 8.47. The van der Waals surface area contributed by atoms with Crippen LogP contribution >= 0.6 is 0 Å². The van der Waals surface area contributed by atoms with Crippen molar-refractivity contribution in [1.82, 2.24) is 19.8 Å². The number of nitrogens with zero attached hydrogens (tertiary/aromatic N) is 3. The molecule has 1 aliphatic rings. The molecule has 3 N–H and O–H groups in total. The molecule has 2 heterocycles. The van der Waals surface area contributed by atoms with Gasteiger partial charge in [0.2, 0.25) is 0 Å². The molecular formula is C12H21N5O. The van der Waals surface area contributed by atoms with Crippen molar-refractivity contribution < 1.29 is 4.79 Å². The molecule has 0 aromatic carbocycles.